The third kappa shape index (κ3) is 7.09. The Morgan fingerprint density at radius 2 is 2.07 bits per heavy atom. The van der Waals surface area contributed by atoms with Crippen molar-refractivity contribution in [1.29, 1.82) is 0 Å². The second kappa shape index (κ2) is 13.1. The normalized spacial score (nSPS) is 21.7. The van der Waals surface area contributed by atoms with Gasteiger partial charge in [-0.3, -0.25) is 14.7 Å². The average molecular weight is 530 g/mol. The molecule has 2 unspecified atom stereocenters. The van der Waals surface area contributed by atoms with E-state index < -0.39 is 0 Å². The zero-order chi connectivity index (χ0) is 20.5. The highest BCUT2D eigenvalue weighted by Gasteiger charge is 2.41. The van der Waals surface area contributed by atoms with Gasteiger partial charge in [-0.2, -0.15) is 0 Å². The van der Waals surface area contributed by atoms with Crippen LogP contribution >= 0.6 is 24.0 Å². The molecule has 8 heteroatoms. The number of rotatable bonds is 8. The summed E-state index contributed by atoms with van der Waals surface area (Å²) in [5, 5.41) is 3.40. The number of hydrogen-bond acceptors (Lipinski definition) is 5. The molecular formula is C22H35IN4O3. The maximum Gasteiger partial charge on any atom is 0.305 e. The topological polar surface area (TPSA) is 66.4 Å². The minimum Gasteiger partial charge on any atom is -0.466 e. The van der Waals surface area contributed by atoms with E-state index in [1.165, 1.54) is 5.56 Å². The van der Waals surface area contributed by atoms with Crippen molar-refractivity contribution in [2.45, 2.75) is 45.4 Å². The van der Waals surface area contributed by atoms with E-state index in [0.717, 1.165) is 45.3 Å². The maximum absolute atomic E-state index is 11.5. The lowest BCUT2D eigenvalue weighted by Crippen LogP contribution is -2.50. The molecule has 0 radical (unpaired) electrons. The number of guanidine groups is 1. The lowest BCUT2D eigenvalue weighted by Gasteiger charge is -2.36. The number of fused-ring (bicyclic) bond motifs is 1. The maximum atomic E-state index is 11.5. The van der Waals surface area contributed by atoms with Crippen molar-refractivity contribution in [3.63, 3.8) is 0 Å². The highest BCUT2D eigenvalue weighted by Crippen LogP contribution is 2.24. The molecule has 2 atom stereocenters. The van der Waals surface area contributed by atoms with Gasteiger partial charge in [0.15, 0.2) is 5.96 Å². The molecule has 0 aliphatic carbocycles. The quantitative estimate of drug-likeness (QED) is 0.183. The van der Waals surface area contributed by atoms with Gasteiger partial charge in [0, 0.05) is 45.7 Å². The van der Waals surface area contributed by atoms with Crippen LogP contribution in [0.25, 0.3) is 0 Å². The van der Waals surface area contributed by atoms with Gasteiger partial charge in [-0.15, -0.1) is 24.0 Å². The molecule has 1 aromatic rings. The van der Waals surface area contributed by atoms with Crippen LogP contribution in [0.1, 0.15) is 32.3 Å². The van der Waals surface area contributed by atoms with Gasteiger partial charge < -0.3 is 19.7 Å². The third-order valence-electron chi connectivity index (χ3n) is 5.39. The van der Waals surface area contributed by atoms with Crippen molar-refractivity contribution in [2.24, 2.45) is 4.99 Å². The number of nitrogens with one attached hydrogen (secondary N) is 1. The van der Waals surface area contributed by atoms with Crippen molar-refractivity contribution in [3.05, 3.63) is 35.9 Å². The molecule has 3 rings (SSSR count). The van der Waals surface area contributed by atoms with E-state index in [2.05, 4.69) is 52.4 Å². The Bertz CT molecular complexity index is 674. The predicted octanol–water partition coefficient (Wildman–Crippen LogP) is 2.50. The number of benzene rings is 1. The minimum atomic E-state index is -0.148. The SMILES string of the molecule is CCNC(=NCCCC(=O)OCC)N1CC2OCCN(Cc3ccccc3)C2C1.I. The summed E-state index contributed by atoms with van der Waals surface area (Å²) in [6, 6.07) is 11.0. The number of morpholine rings is 1. The van der Waals surface area contributed by atoms with Crippen LogP contribution in [0.2, 0.25) is 0 Å². The summed E-state index contributed by atoms with van der Waals surface area (Å²) >= 11 is 0. The van der Waals surface area contributed by atoms with E-state index in [1.807, 2.05) is 6.92 Å². The molecule has 30 heavy (non-hydrogen) atoms. The molecule has 0 amide bonds. The van der Waals surface area contributed by atoms with Crippen LogP contribution in [0.5, 0.6) is 0 Å². The Kier molecular flexibility index (Phi) is 10.9. The number of carbonyl (C=O) groups excluding carboxylic acids is 1. The smallest absolute Gasteiger partial charge is 0.305 e. The second-order valence-electron chi connectivity index (χ2n) is 7.48. The zero-order valence-electron chi connectivity index (χ0n) is 18.1. The molecule has 0 saturated carbocycles. The average Bonchev–Trinajstić information content (AvgIpc) is 3.16. The summed E-state index contributed by atoms with van der Waals surface area (Å²) in [6.07, 6.45) is 1.32. The van der Waals surface area contributed by atoms with E-state index in [9.17, 15) is 4.79 Å². The van der Waals surface area contributed by atoms with Gasteiger partial charge in [0.2, 0.25) is 0 Å². The van der Waals surface area contributed by atoms with E-state index in [-0.39, 0.29) is 36.0 Å². The van der Waals surface area contributed by atoms with E-state index >= 15 is 0 Å². The summed E-state index contributed by atoms with van der Waals surface area (Å²) < 4.78 is 11.1. The predicted molar refractivity (Wildman–Crippen MR) is 129 cm³/mol. The Balaban J connectivity index is 0.00000320. The molecule has 1 N–H and O–H groups in total. The Hall–Kier alpha value is -1.39. The molecule has 2 fully saturated rings. The van der Waals surface area contributed by atoms with Crippen LogP contribution in [0.3, 0.4) is 0 Å². The fraction of sp³-hybridized carbons (Fsp3) is 0.636. The summed E-state index contributed by atoms with van der Waals surface area (Å²) in [4.78, 5) is 21.1. The Morgan fingerprint density at radius 1 is 1.27 bits per heavy atom. The third-order valence-corrected chi connectivity index (χ3v) is 5.39. The fourth-order valence-electron chi connectivity index (χ4n) is 4.01. The largest absolute Gasteiger partial charge is 0.466 e. The minimum absolute atomic E-state index is 0. The first kappa shape index (κ1) is 24.9. The first-order valence-electron chi connectivity index (χ1n) is 10.8. The highest BCUT2D eigenvalue weighted by molar-refractivity contribution is 14.0. The van der Waals surface area contributed by atoms with Crippen LogP contribution in [0, 0.1) is 0 Å². The molecule has 0 bridgehead atoms. The van der Waals surface area contributed by atoms with Gasteiger partial charge in [-0.05, 0) is 25.8 Å². The van der Waals surface area contributed by atoms with Gasteiger partial charge in [0.25, 0.3) is 0 Å². The molecule has 0 spiro atoms. The lowest BCUT2D eigenvalue weighted by molar-refractivity contribution is -0.143. The first-order chi connectivity index (χ1) is 14.2. The van der Waals surface area contributed by atoms with Crippen LogP contribution < -0.4 is 5.32 Å². The van der Waals surface area contributed by atoms with Crippen LogP contribution in [0.4, 0.5) is 0 Å². The standard InChI is InChI=1S/C22H34N4O3.HI/c1-3-23-22(24-12-8-11-21(27)28-4-2)26-16-19-20(17-26)29-14-13-25(19)15-18-9-6-5-7-10-18;/h5-7,9-10,19-20H,3-4,8,11-17H2,1-2H3,(H,23,24);1H. The molecule has 2 aliphatic rings. The molecule has 168 valence electrons. The van der Waals surface area contributed by atoms with Crippen molar-refractivity contribution in [1.82, 2.24) is 15.1 Å². The summed E-state index contributed by atoms with van der Waals surface area (Å²) in [5.74, 6) is 0.763. The number of esters is 1. The molecular weight excluding hydrogens is 495 g/mol. The van der Waals surface area contributed by atoms with Gasteiger partial charge in [-0.1, -0.05) is 30.3 Å². The zero-order valence-corrected chi connectivity index (χ0v) is 20.4. The van der Waals surface area contributed by atoms with Gasteiger partial charge in [-0.25, -0.2) is 0 Å². The molecule has 2 heterocycles. The first-order valence-corrected chi connectivity index (χ1v) is 10.8. The second-order valence-corrected chi connectivity index (χ2v) is 7.48. The summed E-state index contributed by atoms with van der Waals surface area (Å²) in [7, 11) is 0. The Morgan fingerprint density at radius 3 is 2.80 bits per heavy atom. The van der Waals surface area contributed by atoms with Crippen LogP contribution in [-0.4, -0.2) is 79.8 Å². The molecule has 1 aromatic carbocycles. The Labute approximate surface area is 197 Å². The van der Waals surface area contributed by atoms with Crippen LogP contribution in [0.15, 0.2) is 35.3 Å². The van der Waals surface area contributed by atoms with Crippen molar-refractivity contribution in [3.8, 4) is 0 Å². The number of aliphatic imine (C=N–C) groups is 1. The number of nitrogens with zero attached hydrogens (tertiary/aromatic N) is 3. The number of carbonyl (C=O) groups is 1. The van der Waals surface area contributed by atoms with Crippen molar-refractivity contribution < 1.29 is 14.3 Å². The molecule has 0 aromatic heterocycles. The number of hydrogen-bond donors (Lipinski definition) is 1. The van der Waals surface area contributed by atoms with E-state index in [1.54, 1.807) is 0 Å². The molecule has 2 saturated heterocycles. The molecule has 2 aliphatic heterocycles. The van der Waals surface area contributed by atoms with E-state index in [0.29, 0.717) is 32.0 Å². The highest BCUT2D eigenvalue weighted by atomic mass is 127. The van der Waals surface area contributed by atoms with Crippen molar-refractivity contribution >= 4 is 35.9 Å². The number of halogens is 1. The van der Waals surface area contributed by atoms with Crippen molar-refractivity contribution in [2.75, 3.05) is 45.9 Å². The summed E-state index contributed by atoms with van der Waals surface area (Å²) in [6.45, 7) is 10.2. The fourth-order valence-corrected chi connectivity index (χ4v) is 4.01. The van der Waals surface area contributed by atoms with Gasteiger partial charge >= 0.3 is 5.97 Å². The number of ether oxygens (including phenoxy) is 2. The lowest BCUT2D eigenvalue weighted by atomic mass is 10.1. The molecule has 7 nitrogen and oxygen atoms in total. The van der Waals surface area contributed by atoms with Crippen LogP contribution in [-0.2, 0) is 20.8 Å². The summed E-state index contributed by atoms with van der Waals surface area (Å²) in [5.41, 5.74) is 1.34. The monoisotopic (exact) mass is 530 g/mol. The number of likely N-dealkylation sites (tertiary alicyclic amines) is 1. The van der Waals surface area contributed by atoms with Gasteiger partial charge in [0.05, 0.1) is 25.4 Å². The van der Waals surface area contributed by atoms with E-state index in [4.69, 9.17) is 14.5 Å². The van der Waals surface area contributed by atoms with Gasteiger partial charge in [0.1, 0.15) is 0 Å².